The topological polar surface area (TPSA) is 67.0 Å². The summed E-state index contributed by atoms with van der Waals surface area (Å²) >= 11 is 0. The first-order valence-electron chi connectivity index (χ1n) is 7.42. The van der Waals surface area contributed by atoms with E-state index in [0.717, 1.165) is 5.39 Å². The van der Waals surface area contributed by atoms with E-state index >= 15 is 0 Å². The van der Waals surface area contributed by atoms with Crippen LogP contribution in [0.4, 0.5) is 13.2 Å². The normalized spacial score (nSPS) is 12.8. The summed E-state index contributed by atoms with van der Waals surface area (Å²) in [5, 5.41) is 10.3. The number of nitrogens with zero attached hydrogens (tertiary/aromatic N) is 1. The molecule has 0 radical (unpaired) electrons. The second-order valence-electron chi connectivity index (χ2n) is 5.45. The Hall–Kier alpha value is -3.03. The number of aromatic nitrogens is 2. The highest BCUT2D eigenvalue weighted by Gasteiger charge is 2.31. The molecule has 0 aliphatic heterocycles. The third kappa shape index (κ3) is 3.90. The van der Waals surface area contributed by atoms with Crippen molar-refractivity contribution in [3.8, 4) is 5.75 Å². The number of aromatic amines is 1. The van der Waals surface area contributed by atoms with E-state index in [-0.39, 0.29) is 11.7 Å². The molecule has 8 heteroatoms. The first kappa shape index (κ1) is 16.8. The van der Waals surface area contributed by atoms with Gasteiger partial charge in [0, 0.05) is 5.39 Å². The van der Waals surface area contributed by atoms with Crippen molar-refractivity contribution in [1.29, 1.82) is 0 Å². The van der Waals surface area contributed by atoms with E-state index in [1.54, 1.807) is 25.3 Å². The van der Waals surface area contributed by atoms with Crippen molar-refractivity contribution in [2.45, 2.75) is 19.3 Å². The molecule has 3 aromatic rings. The van der Waals surface area contributed by atoms with Crippen LogP contribution >= 0.6 is 0 Å². The minimum absolute atomic E-state index is 0.307. The molecular formula is C17H14F3N3O2. The maximum atomic E-state index is 12.5. The summed E-state index contributed by atoms with van der Waals surface area (Å²) in [6.45, 7) is 1.74. The van der Waals surface area contributed by atoms with Crippen LogP contribution in [0.5, 0.6) is 5.75 Å². The summed E-state index contributed by atoms with van der Waals surface area (Å²) in [7, 11) is 0. The molecule has 5 nitrogen and oxygen atoms in total. The molecule has 1 amide bonds. The molecule has 3 rings (SSSR count). The fraction of sp³-hybridized carbons (Fsp3) is 0.176. The lowest BCUT2D eigenvalue weighted by Gasteiger charge is -2.15. The number of ether oxygens (including phenoxy) is 1. The van der Waals surface area contributed by atoms with Crippen LogP contribution in [0.3, 0.4) is 0 Å². The summed E-state index contributed by atoms with van der Waals surface area (Å²) in [6.07, 6.45) is -3.11. The monoisotopic (exact) mass is 349 g/mol. The highest BCUT2D eigenvalue weighted by Crippen LogP contribution is 2.24. The number of rotatable bonds is 4. The molecule has 0 bridgehead atoms. The van der Waals surface area contributed by atoms with Crippen molar-refractivity contribution in [2.24, 2.45) is 0 Å². The molecule has 1 heterocycles. The molecule has 2 aromatic carbocycles. The number of carbonyl (C=O) groups excluding carboxylic acids is 1. The van der Waals surface area contributed by atoms with Gasteiger partial charge in [-0.05, 0) is 30.7 Å². The first-order chi connectivity index (χ1) is 11.8. The number of hydrogen-bond donors (Lipinski definition) is 2. The third-order valence-corrected chi connectivity index (χ3v) is 3.68. The van der Waals surface area contributed by atoms with Crippen molar-refractivity contribution < 1.29 is 22.7 Å². The fourth-order valence-corrected chi connectivity index (χ4v) is 2.47. The lowest BCUT2D eigenvalue weighted by atomic mass is 10.1. The van der Waals surface area contributed by atoms with Crippen LogP contribution in [0.1, 0.15) is 28.9 Å². The van der Waals surface area contributed by atoms with Gasteiger partial charge in [0.25, 0.3) is 5.91 Å². The highest BCUT2D eigenvalue weighted by molar-refractivity contribution is 6.05. The number of benzene rings is 2. The van der Waals surface area contributed by atoms with Gasteiger partial charge in [-0.15, -0.1) is 13.2 Å². The fourth-order valence-electron chi connectivity index (χ4n) is 2.47. The lowest BCUT2D eigenvalue weighted by molar-refractivity contribution is -0.274. The zero-order valence-electron chi connectivity index (χ0n) is 13.1. The Morgan fingerprint density at radius 2 is 1.92 bits per heavy atom. The van der Waals surface area contributed by atoms with Gasteiger partial charge in [0.1, 0.15) is 5.75 Å². The molecule has 0 spiro atoms. The molecule has 0 saturated heterocycles. The van der Waals surface area contributed by atoms with Crippen molar-refractivity contribution in [3.05, 3.63) is 59.8 Å². The Bertz CT molecular complexity index is 888. The summed E-state index contributed by atoms with van der Waals surface area (Å²) < 4.78 is 40.3. The number of halogens is 3. The van der Waals surface area contributed by atoms with Crippen LogP contribution in [0.25, 0.3) is 10.9 Å². The molecular weight excluding hydrogens is 335 g/mol. The van der Waals surface area contributed by atoms with Gasteiger partial charge in [-0.1, -0.05) is 24.3 Å². The SMILES string of the molecule is CC(NC(=O)c1cccc2cn[nH]c12)c1ccc(OC(F)(F)F)cc1. The van der Waals surface area contributed by atoms with E-state index in [9.17, 15) is 18.0 Å². The smallest absolute Gasteiger partial charge is 0.406 e. The number of para-hydroxylation sites is 1. The molecule has 1 atom stereocenters. The van der Waals surface area contributed by atoms with Crippen LogP contribution in [0.2, 0.25) is 0 Å². The van der Waals surface area contributed by atoms with Crippen LogP contribution in [-0.4, -0.2) is 22.5 Å². The molecule has 2 N–H and O–H groups in total. The van der Waals surface area contributed by atoms with E-state index < -0.39 is 12.4 Å². The number of hydrogen-bond acceptors (Lipinski definition) is 3. The first-order valence-corrected chi connectivity index (χ1v) is 7.42. The predicted molar refractivity (Wildman–Crippen MR) is 85.1 cm³/mol. The summed E-state index contributed by atoms with van der Waals surface area (Å²) in [4.78, 5) is 12.5. The third-order valence-electron chi connectivity index (χ3n) is 3.68. The van der Waals surface area contributed by atoms with E-state index in [0.29, 0.717) is 16.6 Å². The number of nitrogens with one attached hydrogen (secondary N) is 2. The number of fused-ring (bicyclic) bond motifs is 1. The van der Waals surface area contributed by atoms with Crippen LogP contribution < -0.4 is 10.1 Å². The minimum Gasteiger partial charge on any atom is -0.406 e. The molecule has 1 aromatic heterocycles. The van der Waals surface area contributed by atoms with Gasteiger partial charge < -0.3 is 10.1 Å². The molecule has 0 aliphatic rings. The van der Waals surface area contributed by atoms with Crippen molar-refractivity contribution in [3.63, 3.8) is 0 Å². The van der Waals surface area contributed by atoms with Gasteiger partial charge in [-0.2, -0.15) is 5.10 Å². The van der Waals surface area contributed by atoms with E-state index in [2.05, 4.69) is 20.3 Å². The van der Waals surface area contributed by atoms with E-state index in [1.807, 2.05) is 6.07 Å². The number of carbonyl (C=O) groups is 1. The number of alkyl halides is 3. The Morgan fingerprint density at radius 3 is 2.60 bits per heavy atom. The van der Waals surface area contributed by atoms with Crippen LogP contribution in [-0.2, 0) is 0 Å². The largest absolute Gasteiger partial charge is 0.573 e. The second kappa shape index (κ2) is 6.46. The van der Waals surface area contributed by atoms with Gasteiger partial charge in [-0.25, -0.2) is 0 Å². The molecule has 1 unspecified atom stereocenters. The number of H-pyrrole nitrogens is 1. The Morgan fingerprint density at radius 1 is 1.20 bits per heavy atom. The number of amides is 1. The Labute approximate surface area is 140 Å². The van der Waals surface area contributed by atoms with Crippen LogP contribution in [0, 0.1) is 0 Å². The zero-order valence-corrected chi connectivity index (χ0v) is 13.1. The standard InChI is InChI=1S/C17H14F3N3O2/c1-10(11-5-7-13(8-6-11)25-17(18,19)20)22-16(24)14-4-2-3-12-9-21-23-15(12)14/h2-10H,1H3,(H,21,23)(H,22,24). The Kier molecular flexibility index (Phi) is 4.35. The molecule has 0 fully saturated rings. The maximum absolute atomic E-state index is 12.5. The summed E-state index contributed by atoms with van der Waals surface area (Å²) in [5.41, 5.74) is 1.72. The Balaban J connectivity index is 1.72. The van der Waals surface area contributed by atoms with E-state index in [1.165, 1.54) is 24.3 Å². The highest BCUT2D eigenvalue weighted by atomic mass is 19.4. The minimum atomic E-state index is -4.73. The lowest BCUT2D eigenvalue weighted by Crippen LogP contribution is -2.26. The molecule has 0 aliphatic carbocycles. The summed E-state index contributed by atoms with van der Waals surface area (Å²) in [6, 6.07) is 10.2. The maximum Gasteiger partial charge on any atom is 0.573 e. The van der Waals surface area contributed by atoms with Gasteiger partial charge in [-0.3, -0.25) is 9.89 Å². The summed E-state index contributed by atoms with van der Waals surface area (Å²) in [5.74, 6) is -0.616. The zero-order chi connectivity index (χ0) is 18.0. The van der Waals surface area contributed by atoms with Gasteiger partial charge >= 0.3 is 6.36 Å². The van der Waals surface area contributed by atoms with Gasteiger partial charge in [0.2, 0.25) is 0 Å². The van der Waals surface area contributed by atoms with Crippen molar-refractivity contribution in [2.75, 3.05) is 0 Å². The average molecular weight is 349 g/mol. The van der Waals surface area contributed by atoms with Gasteiger partial charge in [0.05, 0.1) is 23.3 Å². The van der Waals surface area contributed by atoms with Crippen LogP contribution in [0.15, 0.2) is 48.7 Å². The van der Waals surface area contributed by atoms with Crippen molar-refractivity contribution >= 4 is 16.8 Å². The molecule has 0 saturated carbocycles. The molecule has 130 valence electrons. The second-order valence-corrected chi connectivity index (χ2v) is 5.45. The van der Waals surface area contributed by atoms with E-state index in [4.69, 9.17) is 0 Å². The predicted octanol–water partition coefficient (Wildman–Crippen LogP) is 3.95. The quantitative estimate of drug-likeness (QED) is 0.749. The van der Waals surface area contributed by atoms with Gasteiger partial charge in [0.15, 0.2) is 0 Å². The molecule has 25 heavy (non-hydrogen) atoms. The van der Waals surface area contributed by atoms with Crippen molar-refractivity contribution in [1.82, 2.24) is 15.5 Å². The average Bonchev–Trinajstić information content (AvgIpc) is 3.02.